The van der Waals surface area contributed by atoms with Crippen molar-refractivity contribution in [1.82, 2.24) is 15.3 Å². The number of nitrogens with zero attached hydrogens (tertiary/aromatic N) is 3. The molecule has 0 unspecified atom stereocenters. The van der Waals surface area contributed by atoms with E-state index in [4.69, 9.17) is 17.3 Å². The number of halogens is 1. The lowest BCUT2D eigenvalue weighted by atomic mass is 9.90. The van der Waals surface area contributed by atoms with Crippen LogP contribution in [0.1, 0.15) is 54.1 Å². The third kappa shape index (κ3) is 4.62. The second kappa shape index (κ2) is 8.97. The Morgan fingerprint density at radius 1 is 1.21 bits per heavy atom. The molecule has 0 aliphatic carbocycles. The number of hydrogen-bond donors (Lipinski definition) is 3. The predicted octanol–water partition coefficient (Wildman–Crippen LogP) is 3.43. The van der Waals surface area contributed by atoms with Crippen LogP contribution in [0.25, 0.3) is 0 Å². The number of anilines is 3. The fourth-order valence-electron chi connectivity index (χ4n) is 4.09. The number of carbonyl (C=O) groups excluding carboxylic acids is 1. The van der Waals surface area contributed by atoms with Crippen LogP contribution in [0.15, 0.2) is 24.4 Å². The lowest BCUT2D eigenvalue weighted by molar-refractivity contribution is 0.0996. The summed E-state index contributed by atoms with van der Waals surface area (Å²) in [4.78, 5) is 23.0. The molecule has 2 saturated heterocycles. The summed E-state index contributed by atoms with van der Waals surface area (Å²) in [5, 5.41) is 7.17. The van der Waals surface area contributed by atoms with Gasteiger partial charge in [-0.3, -0.25) is 4.79 Å². The van der Waals surface area contributed by atoms with Gasteiger partial charge >= 0.3 is 0 Å². The Labute approximate surface area is 176 Å². The average Bonchev–Trinajstić information content (AvgIpc) is 2.76. The molecule has 3 heterocycles. The van der Waals surface area contributed by atoms with Gasteiger partial charge in [-0.15, -0.1) is 0 Å². The summed E-state index contributed by atoms with van der Waals surface area (Å²) in [6.45, 7) is 3.94. The standard InChI is InChI=1S/C21H27ClN6O/c22-16-12-15(14-6-8-24-9-7-14)4-5-17(16)26-21-19(20(23)29)25-13-18(27-21)28-10-2-1-3-11-28/h4-5,12-14,24H,1-3,6-11H2,(H2,23,29)(H,26,27). The first-order chi connectivity index (χ1) is 14.1. The van der Waals surface area contributed by atoms with E-state index in [0.29, 0.717) is 22.4 Å². The first-order valence-electron chi connectivity index (χ1n) is 10.3. The molecule has 4 rings (SSSR count). The third-order valence-electron chi connectivity index (χ3n) is 5.73. The summed E-state index contributed by atoms with van der Waals surface area (Å²) < 4.78 is 0. The molecule has 0 atom stereocenters. The molecule has 0 saturated carbocycles. The summed E-state index contributed by atoms with van der Waals surface area (Å²) >= 11 is 6.57. The van der Waals surface area contributed by atoms with Crippen molar-refractivity contribution in [3.63, 3.8) is 0 Å². The highest BCUT2D eigenvalue weighted by Crippen LogP contribution is 2.33. The molecule has 2 fully saturated rings. The number of carbonyl (C=O) groups is 1. The first kappa shape index (κ1) is 19.9. The number of benzene rings is 1. The van der Waals surface area contributed by atoms with E-state index in [1.165, 1.54) is 12.0 Å². The van der Waals surface area contributed by atoms with Gasteiger partial charge in [0.25, 0.3) is 5.91 Å². The van der Waals surface area contributed by atoms with E-state index in [-0.39, 0.29) is 5.69 Å². The van der Waals surface area contributed by atoms with Gasteiger partial charge in [0.05, 0.1) is 16.9 Å². The number of rotatable bonds is 5. The summed E-state index contributed by atoms with van der Waals surface area (Å²) in [5.74, 6) is 0.996. The first-order valence-corrected chi connectivity index (χ1v) is 10.7. The van der Waals surface area contributed by atoms with Crippen LogP contribution in [0.4, 0.5) is 17.3 Å². The van der Waals surface area contributed by atoms with Crippen LogP contribution in [-0.4, -0.2) is 42.1 Å². The lowest BCUT2D eigenvalue weighted by Crippen LogP contribution is -2.31. The Hall–Kier alpha value is -2.38. The number of amides is 1. The SMILES string of the molecule is NC(=O)c1ncc(N2CCCCC2)nc1Nc1ccc(C2CCNCC2)cc1Cl. The minimum absolute atomic E-state index is 0.115. The molecular formula is C21H27ClN6O. The van der Waals surface area contributed by atoms with Crippen LogP contribution in [0.5, 0.6) is 0 Å². The molecular weight excluding hydrogens is 388 g/mol. The van der Waals surface area contributed by atoms with E-state index in [9.17, 15) is 4.79 Å². The molecule has 7 nitrogen and oxygen atoms in total. The zero-order chi connectivity index (χ0) is 20.2. The molecule has 2 aliphatic rings. The molecule has 1 aromatic heterocycles. The van der Waals surface area contributed by atoms with Crippen LogP contribution in [-0.2, 0) is 0 Å². The van der Waals surface area contributed by atoms with Gasteiger partial charge in [-0.1, -0.05) is 17.7 Å². The topological polar surface area (TPSA) is 96.2 Å². The fourth-order valence-corrected chi connectivity index (χ4v) is 4.33. The van der Waals surface area contributed by atoms with Crippen LogP contribution in [0, 0.1) is 0 Å². The fraction of sp³-hybridized carbons (Fsp3) is 0.476. The Balaban J connectivity index is 1.59. The molecule has 1 amide bonds. The van der Waals surface area contributed by atoms with Gasteiger partial charge in [0, 0.05) is 13.1 Å². The molecule has 29 heavy (non-hydrogen) atoms. The van der Waals surface area contributed by atoms with Crippen molar-refractivity contribution < 1.29 is 4.79 Å². The normalized spacial score (nSPS) is 17.9. The summed E-state index contributed by atoms with van der Waals surface area (Å²) in [5.41, 5.74) is 7.57. The molecule has 2 aliphatic heterocycles. The lowest BCUT2D eigenvalue weighted by Gasteiger charge is -2.28. The van der Waals surface area contributed by atoms with E-state index in [1.54, 1.807) is 6.20 Å². The molecule has 0 spiro atoms. The molecule has 1 aromatic carbocycles. The van der Waals surface area contributed by atoms with Crippen LogP contribution in [0.2, 0.25) is 5.02 Å². The van der Waals surface area contributed by atoms with Crippen molar-refractivity contribution in [3.05, 3.63) is 40.7 Å². The van der Waals surface area contributed by atoms with Crippen LogP contribution >= 0.6 is 11.6 Å². The summed E-state index contributed by atoms with van der Waals surface area (Å²) in [6.07, 6.45) is 7.33. The van der Waals surface area contributed by atoms with Crippen molar-refractivity contribution >= 4 is 34.8 Å². The Kier molecular flexibility index (Phi) is 6.16. The van der Waals surface area contributed by atoms with Crippen molar-refractivity contribution in [2.24, 2.45) is 5.73 Å². The van der Waals surface area contributed by atoms with Crippen molar-refractivity contribution in [3.8, 4) is 0 Å². The van der Waals surface area contributed by atoms with Gasteiger partial charge in [-0.05, 0) is 68.8 Å². The van der Waals surface area contributed by atoms with Gasteiger partial charge in [0.1, 0.15) is 5.82 Å². The van der Waals surface area contributed by atoms with E-state index >= 15 is 0 Å². The maximum Gasteiger partial charge on any atom is 0.271 e. The van der Waals surface area contributed by atoms with Crippen molar-refractivity contribution in [2.75, 3.05) is 36.4 Å². The highest BCUT2D eigenvalue weighted by Gasteiger charge is 2.20. The highest BCUT2D eigenvalue weighted by atomic mass is 35.5. The van der Waals surface area contributed by atoms with Gasteiger partial charge in [-0.25, -0.2) is 9.97 Å². The Morgan fingerprint density at radius 3 is 2.66 bits per heavy atom. The number of piperidine rings is 2. The zero-order valence-electron chi connectivity index (χ0n) is 16.5. The smallest absolute Gasteiger partial charge is 0.271 e. The molecule has 8 heteroatoms. The maximum absolute atomic E-state index is 11.9. The third-order valence-corrected chi connectivity index (χ3v) is 6.04. The van der Waals surface area contributed by atoms with Gasteiger partial charge in [0.2, 0.25) is 0 Å². The van der Waals surface area contributed by atoms with E-state index in [0.717, 1.165) is 57.7 Å². The van der Waals surface area contributed by atoms with E-state index < -0.39 is 5.91 Å². The molecule has 0 radical (unpaired) electrons. The largest absolute Gasteiger partial charge is 0.364 e. The number of nitrogens with one attached hydrogen (secondary N) is 2. The maximum atomic E-state index is 11.9. The predicted molar refractivity (Wildman–Crippen MR) is 116 cm³/mol. The van der Waals surface area contributed by atoms with Gasteiger partial charge in [0.15, 0.2) is 11.5 Å². The van der Waals surface area contributed by atoms with Crippen LogP contribution < -0.4 is 21.3 Å². The minimum atomic E-state index is -0.618. The second-order valence-electron chi connectivity index (χ2n) is 7.73. The molecule has 2 aromatic rings. The Bertz CT molecular complexity index is 877. The molecule has 0 bridgehead atoms. The quantitative estimate of drug-likeness (QED) is 0.693. The van der Waals surface area contributed by atoms with E-state index in [1.807, 2.05) is 12.1 Å². The summed E-state index contributed by atoms with van der Waals surface area (Å²) in [6, 6.07) is 6.04. The average molecular weight is 415 g/mol. The van der Waals surface area contributed by atoms with Crippen molar-refractivity contribution in [2.45, 2.75) is 38.0 Å². The molecule has 154 valence electrons. The van der Waals surface area contributed by atoms with Gasteiger partial charge < -0.3 is 21.3 Å². The number of primary amides is 1. The van der Waals surface area contributed by atoms with E-state index in [2.05, 4.69) is 31.6 Å². The van der Waals surface area contributed by atoms with Gasteiger partial charge in [-0.2, -0.15) is 0 Å². The zero-order valence-corrected chi connectivity index (χ0v) is 17.2. The monoisotopic (exact) mass is 414 g/mol. The second-order valence-corrected chi connectivity index (χ2v) is 8.13. The highest BCUT2D eigenvalue weighted by molar-refractivity contribution is 6.33. The minimum Gasteiger partial charge on any atom is -0.364 e. The van der Waals surface area contributed by atoms with Crippen molar-refractivity contribution in [1.29, 1.82) is 0 Å². The Morgan fingerprint density at radius 2 is 1.97 bits per heavy atom. The number of aromatic nitrogens is 2. The number of hydrogen-bond acceptors (Lipinski definition) is 6. The number of nitrogens with two attached hydrogens (primary N) is 1. The molecule has 4 N–H and O–H groups in total. The summed E-state index contributed by atoms with van der Waals surface area (Å²) in [7, 11) is 0. The van der Waals surface area contributed by atoms with Crippen LogP contribution in [0.3, 0.4) is 0 Å².